The Morgan fingerprint density at radius 3 is 2.10 bits per heavy atom. The molecule has 0 saturated carbocycles. The zero-order chi connectivity index (χ0) is 16.3. The van der Waals surface area contributed by atoms with Gasteiger partial charge in [0.15, 0.2) is 0 Å². The number of benzene rings is 1. The predicted molar refractivity (Wildman–Crippen MR) is 71.3 cm³/mol. The standard InChI is InChI=1S/C15H20F4O2/c1-4-14(5-2,21-6-3)13(20)10-7-8-11(12(16)9-10)15(17,18)19/h7-9,13,20H,4-6H2,1-3H3. The van der Waals surface area contributed by atoms with E-state index in [9.17, 15) is 22.7 Å². The van der Waals surface area contributed by atoms with Crippen LogP contribution in [0.4, 0.5) is 17.6 Å². The van der Waals surface area contributed by atoms with Crippen LogP contribution in [0.1, 0.15) is 50.8 Å². The Labute approximate surface area is 121 Å². The number of aliphatic hydroxyl groups excluding tert-OH is 1. The Hall–Kier alpha value is -1.14. The van der Waals surface area contributed by atoms with E-state index < -0.39 is 29.3 Å². The summed E-state index contributed by atoms with van der Waals surface area (Å²) in [6.07, 6.45) is -5.02. The second-order valence-electron chi connectivity index (χ2n) is 4.84. The molecule has 0 saturated heterocycles. The van der Waals surface area contributed by atoms with Gasteiger partial charge in [0.05, 0.1) is 11.2 Å². The summed E-state index contributed by atoms with van der Waals surface area (Å²) in [4.78, 5) is 0. The van der Waals surface area contributed by atoms with Crippen LogP contribution >= 0.6 is 0 Å². The van der Waals surface area contributed by atoms with Crippen LogP contribution in [0.25, 0.3) is 0 Å². The van der Waals surface area contributed by atoms with Crippen molar-refractivity contribution < 1.29 is 27.4 Å². The number of alkyl halides is 3. The normalized spacial score (nSPS) is 14.3. The minimum atomic E-state index is -4.75. The summed E-state index contributed by atoms with van der Waals surface area (Å²) in [5.41, 5.74) is -2.19. The van der Waals surface area contributed by atoms with Crippen LogP contribution in [0.2, 0.25) is 0 Å². The first kappa shape index (κ1) is 17.9. The van der Waals surface area contributed by atoms with Crippen LogP contribution in [0.5, 0.6) is 0 Å². The van der Waals surface area contributed by atoms with E-state index in [0.717, 1.165) is 12.1 Å². The number of aliphatic hydroxyl groups is 1. The zero-order valence-electron chi connectivity index (χ0n) is 12.3. The smallest absolute Gasteiger partial charge is 0.385 e. The molecule has 1 unspecified atom stereocenters. The Kier molecular flexibility index (Phi) is 5.75. The fourth-order valence-electron chi connectivity index (χ4n) is 2.44. The van der Waals surface area contributed by atoms with Crippen molar-refractivity contribution in [2.45, 2.75) is 51.5 Å². The molecule has 0 bridgehead atoms. The largest absolute Gasteiger partial charge is 0.419 e. The van der Waals surface area contributed by atoms with Crippen LogP contribution < -0.4 is 0 Å². The van der Waals surface area contributed by atoms with E-state index in [-0.39, 0.29) is 5.56 Å². The lowest BCUT2D eigenvalue weighted by atomic mass is 9.85. The molecule has 2 nitrogen and oxygen atoms in total. The summed E-state index contributed by atoms with van der Waals surface area (Å²) >= 11 is 0. The molecule has 0 fully saturated rings. The van der Waals surface area contributed by atoms with Crippen molar-refractivity contribution in [3.63, 3.8) is 0 Å². The maximum absolute atomic E-state index is 13.6. The first-order valence-corrected chi connectivity index (χ1v) is 6.90. The fraction of sp³-hybridized carbons (Fsp3) is 0.600. The van der Waals surface area contributed by atoms with Crippen molar-refractivity contribution in [3.05, 3.63) is 35.1 Å². The van der Waals surface area contributed by atoms with Gasteiger partial charge in [-0.05, 0) is 37.5 Å². The van der Waals surface area contributed by atoms with E-state index in [0.29, 0.717) is 25.5 Å². The maximum atomic E-state index is 13.6. The molecular weight excluding hydrogens is 288 g/mol. The monoisotopic (exact) mass is 308 g/mol. The number of hydrogen-bond acceptors (Lipinski definition) is 2. The van der Waals surface area contributed by atoms with Gasteiger partial charge < -0.3 is 9.84 Å². The van der Waals surface area contributed by atoms with E-state index in [1.807, 2.05) is 13.8 Å². The first-order valence-electron chi connectivity index (χ1n) is 6.90. The lowest BCUT2D eigenvalue weighted by molar-refractivity contribution is -0.140. The van der Waals surface area contributed by atoms with Crippen LogP contribution in [-0.2, 0) is 10.9 Å². The predicted octanol–water partition coefficient (Wildman–Crippen LogP) is 4.47. The number of rotatable bonds is 6. The highest BCUT2D eigenvalue weighted by atomic mass is 19.4. The average molecular weight is 308 g/mol. The van der Waals surface area contributed by atoms with Gasteiger partial charge in [0, 0.05) is 6.61 Å². The maximum Gasteiger partial charge on any atom is 0.419 e. The van der Waals surface area contributed by atoms with Crippen molar-refractivity contribution in [1.29, 1.82) is 0 Å². The molecule has 1 rings (SSSR count). The van der Waals surface area contributed by atoms with Gasteiger partial charge in [-0.25, -0.2) is 4.39 Å². The third kappa shape index (κ3) is 3.74. The van der Waals surface area contributed by atoms with Crippen LogP contribution in [0.15, 0.2) is 18.2 Å². The molecule has 0 aliphatic heterocycles. The quantitative estimate of drug-likeness (QED) is 0.786. The topological polar surface area (TPSA) is 29.5 Å². The lowest BCUT2D eigenvalue weighted by Gasteiger charge is -2.36. The minimum Gasteiger partial charge on any atom is -0.385 e. The molecule has 21 heavy (non-hydrogen) atoms. The second kappa shape index (κ2) is 6.75. The summed E-state index contributed by atoms with van der Waals surface area (Å²) in [5.74, 6) is -1.39. The second-order valence-corrected chi connectivity index (χ2v) is 4.84. The van der Waals surface area contributed by atoms with Crippen LogP contribution in [-0.4, -0.2) is 17.3 Å². The first-order chi connectivity index (χ1) is 9.71. The Balaban J connectivity index is 3.18. The highest BCUT2D eigenvalue weighted by Gasteiger charge is 2.38. The van der Waals surface area contributed by atoms with Gasteiger partial charge in [-0.15, -0.1) is 0 Å². The van der Waals surface area contributed by atoms with E-state index >= 15 is 0 Å². The number of ether oxygens (including phenoxy) is 1. The molecule has 1 N–H and O–H groups in total. The summed E-state index contributed by atoms with van der Waals surface area (Å²) in [7, 11) is 0. The van der Waals surface area contributed by atoms with Crippen molar-refractivity contribution in [2.75, 3.05) is 6.61 Å². The molecule has 0 aromatic heterocycles. The molecule has 0 spiro atoms. The molecule has 120 valence electrons. The molecule has 0 amide bonds. The van der Waals surface area contributed by atoms with Gasteiger partial charge in [-0.2, -0.15) is 13.2 Å². The van der Waals surface area contributed by atoms with Gasteiger partial charge >= 0.3 is 6.18 Å². The van der Waals surface area contributed by atoms with Crippen LogP contribution in [0, 0.1) is 5.82 Å². The Morgan fingerprint density at radius 2 is 1.71 bits per heavy atom. The molecule has 0 aliphatic rings. The third-order valence-electron chi connectivity index (χ3n) is 3.74. The average Bonchev–Trinajstić information content (AvgIpc) is 2.42. The van der Waals surface area contributed by atoms with E-state index in [4.69, 9.17) is 4.74 Å². The molecule has 1 aromatic carbocycles. The SMILES string of the molecule is CCOC(CC)(CC)C(O)c1ccc(C(F)(F)F)c(F)c1. The van der Waals surface area contributed by atoms with Crippen molar-refractivity contribution in [3.8, 4) is 0 Å². The molecule has 6 heteroatoms. The van der Waals surface area contributed by atoms with Crippen molar-refractivity contribution in [2.24, 2.45) is 0 Å². The summed E-state index contributed by atoms with van der Waals surface area (Å²) in [6.45, 7) is 5.73. The molecule has 1 aromatic rings. The van der Waals surface area contributed by atoms with Gasteiger partial charge in [-0.3, -0.25) is 0 Å². The summed E-state index contributed by atoms with van der Waals surface area (Å²) in [6, 6.07) is 2.47. The minimum absolute atomic E-state index is 0.0812. The van der Waals surface area contributed by atoms with Gasteiger partial charge in [0.1, 0.15) is 11.9 Å². The fourth-order valence-corrected chi connectivity index (χ4v) is 2.44. The summed E-state index contributed by atoms with van der Waals surface area (Å²) < 4.78 is 56.8. The van der Waals surface area contributed by atoms with Gasteiger partial charge in [0.25, 0.3) is 0 Å². The van der Waals surface area contributed by atoms with Crippen molar-refractivity contribution in [1.82, 2.24) is 0 Å². The summed E-state index contributed by atoms with van der Waals surface area (Å²) in [5, 5.41) is 10.4. The highest BCUT2D eigenvalue weighted by Crippen LogP contribution is 2.38. The van der Waals surface area contributed by atoms with E-state index in [2.05, 4.69) is 0 Å². The third-order valence-corrected chi connectivity index (χ3v) is 3.74. The van der Waals surface area contributed by atoms with Gasteiger partial charge in [0.2, 0.25) is 0 Å². The Bertz CT molecular complexity index is 467. The molecule has 0 aliphatic carbocycles. The highest BCUT2D eigenvalue weighted by molar-refractivity contribution is 5.29. The molecule has 0 radical (unpaired) electrons. The zero-order valence-corrected chi connectivity index (χ0v) is 12.3. The number of hydrogen-bond donors (Lipinski definition) is 1. The Morgan fingerprint density at radius 1 is 1.14 bits per heavy atom. The van der Waals surface area contributed by atoms with Crippen LogP contribution in [0.3, 0.4) is 0 Å². The number of halogens is 4. The molecule has 1 atom stereocenters. The molecular formula is C15H20F4O2. The van der Waals surface area contributed by atoms with Gasteiger partial charge in [-0.1, -0.05) is 19.9 Å². The van der Waals surface area contributed by atoms with E-state index in [1.165, 1.54) is 0 Å². The lowest BCUT2D eigenvalue weighted by Crippen LogP contribution is -2.38. The van der Waals surface area contributed by atoms with Crippen molar-refractivity contribution >= 4 is 0 Å². The molecule has 0 heterocycles. The van der Waals surface area contributed by atoms with E-state index in [1.54, 1.807) is 6.92 Å².